The monoisotopic (exact) mass is 329 g/mol. The van der Waals surface area contributed by atoms with Crippen molar-refractivity contribution < 1.29 is 9.52 Å². The summed E-state index contributed by atoms with van der Waals surface area (Å²) in [5.74, 6) is 0.714. The van der Waals surface area contributed by atoms with Gasteiger partial charge in [-0.2, -0.15) is 0 Å². The van der Waals surface area contributed by atoms with Gasteiger partial charge in [-0.3, -0.25) is 0 Å². The van der Waals surface area contributed by atoms with Gasteiger partial charge in [-0.1, -0.05) is 33.6 Å². The number of hydrogen-bond donors (Lipinski definition) is 2. The second-order valence-corrected chi connectivity index (χ2v) is 5.19. The van der Waals surface area contributed by atoms with E-state index in [-0.39, 0.29) is 12.6 Å². The lowest BCUT2D eigenvalue weighted by molar-refractivity contribution is 0.225. The molecule has 1 aromatic heterocycles. The molecule has 1 aromatic carbocycles. The molecule has 0 bridgehead atoms. The largest absolute Gasteiger partial charge is 0.468 e. The number of benzene rings is 1. The van der Waals surface area contributed by atoms with E-state index < -0.39 is 0 Å². The minimum absolute atomic E-state index is 0.0261. The van der Waals surface area contributed by atoms with Gasteiger partial charge in [0.15, 0.2) is 0 Å². The topological polar surface area (TPSA) is 45.4 Å². The Morgan fingerprint density at radius 1 is 1.39 bits per heavy atom. The van der Waals surface area contributed by atoms with Gasteiger partial charge >= 0.3 is 0 Å². The number of aliphatic hydroxyl groups excluding tert-OH is 1. The molecule has 0 aliphatic rings. The summed E-state index contributed by atoms with van der Waals surface area (Å²) in [6, 6.07) is 9.13. The van der Waals surface area contributed by atoms with Crippen molar-refractivity contribution in [3.8, 4) is 0 Å². The zero-order chi connectivity index (χ0) is 13.0. The van der Waals surface area contributed by atoms with Crippen molar-refractivity contribution >= 4 is 27.5 Å². The third-order valence-corrected chi connectivity index (χ3v) is 3.47. The van der Waals surface area contributed by atoms with E-state index in [0.29, 0.717) is 17.3 Å². The summed E-state index contributed by atoms with van der Waals surface area (Å²) >= 11 is 9.49. The summed E-state index contributed by atoms with van der Waals surface area (Å²) in [6.45, 7) is 0.541. The van der Waals surface area contributed by atoms with Crippen LogP contribution in [-0.4, -0.2) is 11.7 Å². The predicted molar refractivity (Wildman–Crippen MR) is 74.5 cm³/mol. The van der Waals surface area contributed by atoms with Crippen LogP contribution < -0.4 is 5.32 Å². The maximum atomic E-state index is 9.33. The van der Waals surface area contributed by atoms with Crippen LogP contribution in [0.15, 0.2) is 45.5 Å². The molecule has 0 aliphatic heterocycles. The third-order valence-electron chi connectivity index (χ3n) is 2.62. The maximum Gasteiger partial charge on any atom is 0.123 e. The van der Waals surface area contributed by atoms with Crippen LogP contribution in [0.3, 0.4) is 0 Å². The van der Waals surface area contributed by atoms with Crippen LogP contribution >= 0.6 is 27.5 Å². The van der Waals surface area contributed by atoms with Crippen molar-refractivity contribution in [1.82, 2.24) is 5.32 Å². The van der Waals surface area contributed by atoms with Crippen molar-refractivity contribution in [2.24, 2.45) is 0 Å². The summed E-state index contributed by atoms with van der Waals surface area (Å²) in [7, 11) is 0. The average Bonchev–Trinajstić information content (AvgIpc) is 2.86. The number of halogens is 2. The predicted octanol–water partition coefficient (Wildman–Crippen LogP) is 3.52. The van der Waals surface area contributed by atoms with E-state index in [1.54, 1.807) is 12.3 Å². The van der Waals surface area contributed by atoms with Crippen LogP contribution in [0.4, 0.5) is 0 Å². The van der Waals surface area contributed by atoms with E-state index >= 15 is 0 Å². The standard InChI is InChI=1S/C13H13BrClNO2/c14-10-4-3-9(11(15)6-10)7-16-12(8-17)13-2-1-5-18-13/h1-6,12,16-17H,7-8H2. The third kappa shape index (κ3) is 3.36. The van der Waals surface area contributed by atoms with Crippen LogP contribution in [0.1, 0.15) is 17.4 Å². The van der Waals surface area contributed by atoms with Crippen LogP contribution in [0.2, 0.25) is 5.02 Å². The number of aliphatic hydroxyl groups is 1. The van der Waals surface area contributed by atoms with Gasteiger partial charge in [-0.25, -0.2) is 0 Å². The van der Waals surface area contributed by atoms with Crippen molar-refractivity contribution in [2.45, 2.75) is 12.6 Å². The highest BCUT2D eigenvalue weighted by molar-refractivity contribution is 9.10. The van der Waals surface area contributed by atoms with Gasteiger partial charge in [0.1, 0.15) is 5.76 Å². The molecule has 0 fully saturated rings. The van der Waals surface area contributed by atoms with Gasteiger partial charge in [0.25, 0.3) is 0 Å². The van der Waals surface area contributed by atoms with E-state index in [0.717, 1.165) is 10.0 Å². The average molecular weight is 331 g/mol. The molecule has 5 heteroatoms. The first-order chi connectivity index (χ1) is 8.70. The van der Waals surface area contributed by atoms with Crippen molar-refractivity contribution in [3.05, 3.63) is 57.4 Å². The molecular formula is C13H13BrClNO2. The van der Waals surface area contributed by atoms with Gasteiger partial charge in [0.05, 0.1) is 18.9 Å². The Balaban J connectivity index is 2.02. The number of nitrogens with one attached hydrogen (secondary N) is 1. The zero-order valence-corrected chi connectivity index (χ0v) is 11.9. The van der Waals surface area contributed by atoms with Crippen molar-refractivity contribution in [2.75, 3.05) is 6.61 Å². The molecule has 96 valence electrons. The Morgan fingerprint density at radius 2 is 2.22 bits per heavy atom. The van der Waals surface area contributed by atoms with E-state index in [1.165, 1.54) is 0 Å². The van der Waals surface area contributed by atoms with Crippen LogP contribution in [-0.2, 0) is 6.54 Å². The molecule has 0 aliphatic carbocycles. The quantitative estimate of drug-likeness (QED) is 0.881. The summed E-state index contributed by atoms with van der Waals surface area (Å²) in [5, 5.41) is 13.2. The molecule has 1 atom stereocenters. The first kappa shape index (κ1) is 13.6. The Hall–Kier alpha value is -0.810. The Labute approximate surface area is 119 Å². The molecule has 3 nitrogen and oxygen atoms in total. The molecule has 0 saturated carbocycles. The lowest BCUT2D eigenvalue weighted by atomic mass is 10.2. The highest BCUT2D eigenvalue weighted by atomic mass is 79.9. The highest BCUT2D eigenvalue weighted by Crippen LogP contribution is 2.22. The molecule has 2 rings (SSSR count). The van der Waals surface area contributed by atoms with E-state index in [4.69, 9.17) is 16.0 Å². The molecule has 18 heavy (non-hydrogen) atoms. The molecule has 0 amide bonds. The van der Waals surface area contributed by atoms with Gasteiger partial charge in [-0.05, 0) is 29.8 Å². The lowest BCUT2D eigenvalue weighted by Gasteiger charge is -2.14. The molecule has 1 heterocycles. The molecular weight excluding hydrogens is 318 g/mol. The Morgan fingerprint density at radius 3 is 2.83 bits per heavy atom. The Bertz CT molecular complexity index is 502. The second kappa shape index (κ2) is 6.38. The SMILES string of the molecule is OCC(NCc1ccc(Br)cc1Cl)c1ccco1. The number of hydrogen-bond acceptors (Lipinski definition) is 3. The lowest BCUT2D eigenvalue weighted by Crippen LogP contribution is -2.23. The zero-order valence-electron chi connectivity index (χ0n) is 9.57. The van der Waals surface area contributed by atoms with Crippen LogP contribution in [0, 0.1) is 0 Å². The van der Waals surface area contributed by atoms with Crippen molar-refractivity contribution in [1.29, 1.82) is 0 Å². The minimum Gasteiger partial charge on any atom is -0.468 e. The van der Waals surface area contributed by atoms with Gasteiger partial charge in [0, 0.05) is 16.0 Å². The normalized spacial score (nSPS) is 12.6. The smallest absolute Gasteiger partial charge is 0.123 e. The van der Waals surface area contributed by atoms with Crippen LogP contribution in [0.5, 0.6) is 0 Å². The fraction of sp³-hybridized carbons (Fsp3) is 0.231. The second-order valence-electron chi connectivity index (χ2n) is 3.87. The fourth-order valence-electron chi connectivity index (χ4n) is 1.64. The van der Waals surface area contributed by atoms with Gasteiger partial charge < -0.3 is 14.8 Å². The first-order valence-corrected chi connectivity index (χ1v) is 6.69. The number of furan rings is 1. The molecule has 0 saturated heterocycles. The number of rotatable bonds is 5. The highest BCUT2D eigenvalue weighted by Gasteiger charge is 2.13. The summed E-state index contributed by atoms with van der Waals surface area (Å²) < 4.78 is 6.21. The van der Waals surface area contributed by atoms with Gasteiger partial charge in [0.2, 0.25) is 0 Å². The fourth-order valence-corrected chi connectivity index (χ4v) is 2.38. The summed E-state index contributed by atoms with van der Waals surface area (Å²) in [6.07, 6.45) is 1.59. The Kier molecular flexibility index (Phi) is 4.83. The van der Waals surface area contributed by atoms with Gasteiger partial charge in [-0.15, -0.1) is 0 Å². The molecule has 0 spiro atoms. The molecule has 1 unspecified atom stereocenters. The van der Waals surface area contributed by atoms with E-state index in [2.05, 4.69) is 21.2 Å². The maximum absolute atomic E-state index is 9.33. The van der Waals surface area contributed by atoms with Crippen molar-refractivity contribution in [3.63, 3.8) is 0 Å². The van der Waals surface area contributed by atoms with E-state index in [9.17, 15) is 5.11 Å². The first-order valence-electron chi connectivity index (χ1n) is 5.52. The van der Waals surface area contributed by atoms with Crippen LogP contribution in [0.25, 0.3) is 0 Å². The van der Waals surface area contributed by atoms with E-state index in [1.807, 2.05) is 24.3 Å². The molecule has 2 aromatic rings. The summed E-state index contributed by atoms with van der Waals surface area (Å²) in [4.78, 5) is 0. The molecule has 0 radical (unpaired) electrons. The minimum atomic E-state index is -0.222. The molecule has 2 N–H and O–H groups in total. The summed E-state index contributed by atoms with van der Waals surface area (Å²) in [5.41, 5.74) is 0.977.